The van der Waals surface area contributed by atoms with E-state index in [1.165, 1.54) is 11.3 Å². The zero-order chi connectivity index (χ0) is 11.7. The standard InChI is InChI=1S/C12H11Cl2NS/c1-7-4-8(6-9(13)5-7)12(15)10-2-3-11(14)16-10/h2-6,12H,15H2,1H3. The number of benzene rings is 1. The van der Waals surface area contributed by atoms with E-state index in [1.54, 1.807) is 0 Å². The molecule has 1 aromatic carbocycles. The van der Waals surface area contributed by atoms with Crippen molar-refractivity contribution >= 4 is 34.5 Å². The Labute approximate surface area is 109 Å². The molecule has 1 nitrogen and oxygen atoms in total. The number of halogens is 2. The quantitative estimate of drug-likeness (QED) is 0.860. The maximum absolute atomic E-state index is 6.16. The third-order valence-electron chi connectivity index (χ3n) is 2.32. The Bertz CT molecular complexity index is 487. The minimum Gasteiger partial charge on any atom is -0.320 e. The van der Waals surface area contributed by atoms with Crippen molar-refractivity contribution in [1.29, 1.82) is 0 Å². The third-order valence-corrected chi connectivity index (χ3v) is 3.86. The van der Waals surface area contributed by atoms with Crippen molar-refractivity contribution in [3.63, 3.8) is 0 Å². The zero-order valence-corrected chi connectivity index (χ0v) is 11.0. The van der Waals surface area contributed by atoms with E-state index in [-0.39, 0.29) is 6.04 Å². The highest BCUT2D eigenvalue weighted by Crippen LogP contribution is 2.30. The summed E-state index contributed by atoms with van der Waals surface area (Å²) in [6.07, 6.45) is 0. The molecule has 1 heterocycles. The van der Waals surface area contributed by atoms with Crippen LogP contribution in [0.4, 0.5) is 0 Å². The number of hydrogen-bond acceptors (Lipinski definition) is 2. The SMILES string of the molecule is Cc1cc(Cl)cc(C(N)c2ccc(Cl)s2)c1. The van der Waals surface area contributed by atoms with E-state index in [9.17, 15) is 0 Å². The van der Waals surface area contributed by atoms with Crippen molar-refractivity contribution in [2.24, 2.45) is 5.73 Å². The molecular formula is C12H11Cl2NS. The fourth-order valence-electron chi connectivity index (χ4n) is 1.60. The van der Waals surface area contributed by atoms with Gasteiger partial charge in [0.25, 0.3) is 0 Å². The third kappa shape index (κ3) is 2.58. The van der Waals surface area contributed by atoms with Gasteiger partial charge in [-0.05, 0) is 42.3 Å². The fraction of sp³-hybridized carbons (Fsp3) is 0.167. The van der Waals surface area contributed by atoms with E-state index in [0.717, 1.165) is 20.3 Å². The molecular weight excluding hydrogens is 261 g/mol. The van der Waals surface area contributed by atoms with Crippen LogP contribution < -0.4 is 5.73 Å². The number of nitrogens with two attached hydrogens (primary N) is 1. The molecule has 0 spiro atoms. The van der Waals surface area contributed by atoms with Crippen LogP contribution >= 0.6 is 34.5 Å². The molecule has 2 N–H and O–H groups in total. The lowest BCUT2D eigenvalue weighted by Gasteiger charge is -2.11. The summed E-state index contributed by atoms with van der Waals surface area (Å²) in [6, 6.07) is 9.51. The predicted octanol–water partition coefficient (Wildman–Crippen LogP) is 4.41. The highest BCUT2D eigenvalue weighted by molar-refractivity contribution is 7.16. The first-order valence-electron chi connectivity index (χ1n) is 4.84. The fourth-order valence-corrected chi connectivity index (χ4v) is 2.99. The first-order valence-corrected chi connectivity index (χ1v) is 6.41. The number of thiophene rings is 1. The second-order valence-corrected chi connectivity index (χ2v) is 5.86. The first-order chi connectivity index (χ1) is 7.56. The summed E-state index contributed by atoms with van der Waals surface area (Å²) in [7, 11) is 0. The van der Waals surface area contributed by atoms with Crippen LogP contribution in [0.15, 0.2) is 30.3 Å². The molecule has 2 aromatic rings. The van der Waals surface area contributed by atoms with Crippen LogP contribution in [-0.2, 0) is 0 Å². The number of hydrogen-bond donors (Lipinski definition) is 1. The van der Waals surface area contributed by atoms with Crippen molar-refractivity contribution in [1.82, 2.24) is 0 Å². The summed E-state index contributed by atoms with van der Waals surface area (Å²) < 4.78 is 0.754. The Hall–Kier alpha value is -0.540. The van der Waals surface area contributed by atoms with Crippen molar-refractivity contribution in [3.05, 3.63) is 55.7 Å². The number of aryl methyl sites for hydroxylation is 1. The van der Waals surface area contributed by atoms with Gasteiger partial charge in [0, 0.05) is 9.90 Å². The highest BCUT2D eigenvalue weighted by Gasteiger charge is 2.12. The van der Waals surface area contributed by atoms with E-state index in [0.29, 0.717) is 5.02 Å². The van der Waals surface area contributed by atoms with Crippen LogP contribution in [0.5, 0.6) is 0 Å². The first kappa shape index (κ1) is 11.9. The molecule has 84 valence electrons. The van der Waals surface area contributed by atoms with Gasteiger partial charge in [0.15, 0.2) is 0 Å². The predicted molar refractivity (Wildman–Crippen MR) is 71.5 cm³/mol. The van der Waals surface area contributed by atoms with Crippen LogP contribution in [0.25, 0.3) is 0 Å². The van der Waals surface area contributed by atoms with Crippen molar-refractivity contribution < 1.29 is 0 Å². The molecule has 0 aliphatic heterocycles. The number of rotatable bonds is 2. The summed E-state index contributed by atoms with van der Waals surface area (Å²) in [5, 5.41) is 0.716. The molecule has 0 aliphatic carbocycles. The lowest BCUT2D eigenvalue weighted by atomic mass is 10.0. The normalized spacial score (nSPS) is 12.8. The summed E-state index contributed by atoms with van der Waals surface area (Å²) in [6.45, 7) is 2.00. The van der Waals surface area contributed by atoms with Crippen molar-refractivity contribution in [2.75, 3.05) is 0 Å². The van der Waals surface area contributed by atoms with Gasteiger partial charge in [0.05, 0.1) is 10.4 Å². The van der Waals surface area contributed by atoms with Gasteiger partial charge in [0.1, 0.15) is 0 Å². The van der Waals surface area contributed by atoms with Crippen LogP contribution in [0.1, 0.15) is 22.0 Å². The van der Waals surface area contributed by atoms with E-state index in [2.05, 4.69) is 0 Å². The van der Waals surface area contributed by atoms with E-state index < -0.39 is 0 Å². The molecule has 4 heteroatoms. The van der Waals surface area contributed by atoms with Gasteiger partial charge in [-0.1, -0.05) is 29.3 Å². The van der Waals surface area contributed by atoms with Crippen LogP contribution in [0.2, 0.25) is 9.36 Å². The molecule has 1 aromatic heterocycles. The Morgan fingerprint density at radius 2 is 1.94 bits per heavy atom. The molecule has 1 atom stereocenters. The minimum absolute atomic E-state index is 0.158. The lowest BCUT2D eigenvalue weighted by Crippen LogP contribution is -2.10. The molecule has 16 heavy (non-hydrogen) atoms. The summed E-state index contributed by atoms with van der Waals surface area (Å²) in [5.74, 6) is 0. The molecule has 0 bridgehead atoms. The van der Waals surface area contributed by atoms with E-state index in [1.807, 2.05) is 37.3 Å². The topological polar surface area (TPSA) is 26.0 Å². The van der Waals surface area contributed by atoms with Gasteiger partial charge in [0.2, 0.25) is 0 Å². The molecule has 0 saturated heterocycles. The lowest BCUT2D eigenvalue weighted by molar-refractivity contribution is 0.891. The second-order valence-electron chi connectivity index (χ2n) is 3.68. The molecule has 0 aliphatic rings. The van der Waals surface area contributed by atoms with Crippen molar-refractivity contribution in [3.8, 4) is 0 Å². The smallest absolute Gasteiger partial charge is 0.0931 e. The van der Waals surface area contributed by atoms with Gasteiger partial charge >= 0.3 is 0 Å². The molecule has 0 amide bonds. The maximum Gasteiger partial charge on any atom is 0.0931 e. The Morgan fingerprint density at radius 1 is 1.19 bits per heavy atom. The highest BCUT2D eigenvalue weighted by atomic mass is 35.5. The van der Waals surface area contributed by atoms with Crippen molar-refractivity contribution in [2.45, 2.75) is 13.0 Å². The molecule has 0 radical (unpaired) electrons. The van der Waals surface area contributed by atoms with Gasteiger partial charge in [-0.3, -0.25) is 0 Å². The maximum atomic E-state index is 6.16. The molecule has 1 unspecified atom stereocenters. The molecule has 0 saturated carbocycles. The van der Waals surface area contributed by atoms with Gasteiger partial charge < -0.3 is 5.73 Å². The molecule has 0 fully saturated rings. The summed E-state index contributed by atoms with van der Waals surface area (Å²) >= 11 is 13.4. The zero-order valence-electron chi connectivity index (χ0n) is 8.71. The van der Waals surface area contributed by atoms with Crippen LogP contribution in [0.3, 0.4) is 0 Å². The van der Waals surface area contributed by atoms with E-state index >= 15 is 0 Å². The average molecular weight is 272 g/mol. The Morgan fingerprint density at radius 3 is 2.50 bits per heavy atom. The summed E-state index contributed by atoms with van der Waals surface area (Å²) in [5.41, 5.74) is 8.29. The molecule has 2 rings (SSSR count). The average Bonchev–Trinajstić information content (AvgIpc) is 2.62. The van der Waals surface area contributed by atoms with Crippen LogP contribution in [0, 0.1) is 6.92 Å². The van der Waals surface area contributed by atoms with Crippen LogP contribution in [-0.4, -0.2) is 0 Å². The minimum atomic E-state index is -0.158. The van der Waals surface area contributed by atoms with Gasteiger partial charge in [-0.2, -0.15) is 0 Å². The van der Waals surface area contributed by atoms with Gasteiger partial charge in [-0.15, -0.1) is 11.3 Å². The Kier molecular flexibility index (Phi) is 3.55. The van der Waals surface area contributed by atoms with Gasteiger partial charge in [-0.25, -0.2) is 0 Å². The summed E-state index contributed by atoms with van der Waals surface area (Å²) in [4.78, 5) is 1.05. The van der Waals surface area contributed by atoms with E-state index in [4.69, 9.17) is 28.9 Å². The monoisotopic (exact) mass is 271 g/mol. The largest absolute Gasteiger partial charge is 0.320 e. The Balaban J connectivity index is 2.37. The second kappa shape index (κ2) is 4.76.